The van der Waals surface area contributed by atoms with Crippen LogP contribution in [0.3, 0.4) is 0 Å². The van der Waals surface area contributed by atoms with Gasteiger partial charge in [0.15, 0.2) is 0 Å². The molecule has 0 amide bonds. The van der Waals surface area contributed by atoms with E-state index in [-0.39, 0.29) is 10.1 Å². The van der Waals surface area contributed by atoms with Gasteiger partial charge in [-0.1, -0.05) is 19.1 Å². The summed E-state index contributed by atoms with van der Waals surface area (Å²) in [6.07, 6.45) is 2.40. The number of rotatable bonds is 7. The van der Waals surface area contributed by atoms with Crippen molar-refractivity contribution >= 4 is 26.5 Å². The molecule has 1 aromatic carbocycles. The van der Waals surface area contributed by atoms with Crippen LogP contribution in [0.1, 0.15) is 13.3 Å². The number of hydrogen-bond donors (Lipinski definition) is 1. The molecule has 2 unspecified atom stereocenters. The van der Waals surface area contributed by atoms with Gasteiger partial charge in [0.2, 0.25) is 10.0 Å². The van der Waals surface area contributed by atoms with Crippen molar-refractivity contribution in [2.24, 2.45) is 0 Å². The number of sulfonamides is 1. The van der Waals surface area contributed by atoms with E-state index in [0.717, 1.165) is 6.42 Å². The third-order valence-electron chi connectivity index (χ3n) is 3.08. The topological polar surface area (TPSA) is 66.5 Å². The molecule has 20 heavy (non-hydrogen) atoms. The number of benzene rings is 1. The van der Waals surface area contributed by atoms with E-state index in [0.29, 0.717) is 12.2 Å². The van der Waals surface area contributed by atoms with Crippen LogP contribution in [-0.4, -0.2) is 49.1 Å². The molecule has 2 atom stereocenters. The van der Waals surface area contributed by atoms with E-state index >= 15 is 0 Å². The zero-order valence-corrected chi connectivity index (χ0v) is 13.9. The highest BCUT2D eigenvalue weighted by Gasteiger charge is 2.20. The zero-order valence-electron chi connectivity index (χ0n) is 12.3. The molecule has 0 aliphatic carbocycles. The van der Waals surface area contributed by atoms with Gasteiger partial charge in [-0.15, -0.1) is 0 Å². The van der Waals surface area contributed by atoms with Crippen LogP contribution < -0.4 is 5.32 Å². The smallest absolute Gasteiger partial charge is 0.244 e. The maximum Gasteiger partial charge on any atom is 0.244 e. The van der Waals surface area contributed by atoms with Gasteiger partial charge in [0.1, 0.15) is 4.90 Å². The van der Waals surface area contributed by atoms with Gasteiger partial charge in [0.25, 0.3) is 0 Å². The van der Waals surface area contributed by atoms with Crippen LogP contribution in [0, 0.1) is 0 Å². The minimum absolute atomic E-state index is 0.0834. The molecule has 0 saturated carbocycles. The van der Waals surface area contributed by atoms with Gasteiger partial charge >= 0.3 is 0 Å². The summed E-state index contributed by atoms with van der Waals surface area (Å²) in [6, 6.07) is 6.81. The van der Waals surface area contributed by atoms with Crippen LogP contribution in [-0.2, 0) is 20.8 Å². The Morgan fingerprint density at radius 1 is 1.30 bits per heavy atom. The average Bonchev–Trinajstić information content (AvgIpc) is 2.38. The highest BCUT2D eigenvalue weighted by molar-refractivity contribution is 7.89. The van der Waals surface area contributed by atoms with E-state index in [1.54, 1.807) is 30.5 Å². The molecule has 0 aromatic heterocycles. The zero-order chi connectivity index (χ0) is 15.3. The van der Waals surface area contributed by atoms with Crippen molar-refractivity contribution in [3.63, 3.8) is 0 Å². The molecule has 7 heteroatoms. The van der Waals surface area contributed by atoms with Crippen LogP contribution >= 0.6 is 0 Å². The highest BCUT2D eigenvalue weighted by atomic mass is 32.2. The predicted molar refractivity (Wildman–Crippen MR) is 83.9 cm³/mol. The maximum atomic E-state index is 12.2. The van der Waals surface area contributed by atoms with E-state index in [9.17, 15) is 12.6 Å². The second kappa shape index (κ2) is 7.19. The van der Waals surface area contributed by atoms with E-state index in [4.69, 9.17) is 0 Å². The maximum absolute atomic E-state index is 12.2. The molecule has 114 valence electrons. The van der Waals surface area contributed by atoms with Gasteiger partial charge < -0.3 is 5.32 Å². The highest BCUT2D eigenvalue weighted by Crippen LogP contribution is 2.23. The Balaban J connectivity index is 2.85. The van der Waals surface area contributed by atoms with Crippen LogP contribution in [0.4, 0.5) is 5.69 Å². The fourth-order valence-electron chi connectivity index (χ4n) is 1.61. The number of nitrogens with one attached hydrogen (secondary N) is 1. The monoisotopic (exact) mass is 318 g/mol. The van der Waals surface area contributed by atoms with Crippen molar-refractivity contribution in [2.75, 3.05) is 32.2 Å². The van der Waals surface area contributed by atoms with Crippen molar-refractivity contribution < 1.29 is 12.6 Å². The first-order valence-corrected chi connectivity index (χ1v) is 9.40. The van der Waals surface area contributed by atoms with Gasteiger partial charge in [0.05, 0.1) is 5.69 Å². The molecule has 0 bridgehead atoms. The van der Waals surface area contributed by atoms with Crippen molar-refractivity contribution in [3.05, 3.63) is 24.3 Å². The predicted octanol–water partition coefficient (Wildman–Crippen LogP) is 1.51. The minimum atomic E-state index is -3.46. The fourth-order valence-corrected chi connectivity index (χ4v) is 3.12. The fraction of sp³-hybridized carbons (Fsp3) is 0.538. The first-order valence-electron chi connectivity index (χ1n) is 6.34. The molecule has 0 heterocycles. The summed E-state index contributed by atoms with van der Waals surface area (Å²) >= 11 is 0. The Morgan fingerprint density at radius 2 is 1.90 bits per heavy atom. The molecule has 1 N–H and O–H groups in total. The number of hydrogen-bond acceptors (Lipinski definition) is 4. The Morgan fingerprint density at radius 3 is 2.45 bits per heavy atom. The molecule has 0 radical (unpaired) electrons. The molecule has 5 nitrogen and oxygen atoms in total. The number of para-hydroxylation sites is 1. The number of anilines is 1. The van der Waals surface area contributed by atoms with Crippen LogP contribution in [0.5, 0.6) is 0 Å². The van der Waals surface area contributed by atoms with E-state index in [1.165, 1.54) is 18.4 Å². The Labute approximate surface area is 123 Å². The van der Waals surface area contributed by atoms with E-state index in [2.05, 4.69) is 5.32 Å². The lowest BCUT2D eigenvalue weighted by molar-refractivity contribution is 0.521. The lowest BCUT2D eigenvalue weighted by atomic mass is 10.3. The van der Waals surface area contributed by atoms with Crippen molar-refractivity contribution in [2.45, 2.75) is 23.5 Å². The van der Waals surface area contributed by atoms with Gasteiger partial charge in [-0.05, 0) is 18.6 Å². The lowest BCUT2D eigenvalue weighted by Gasteiger charge is -2.16. The second-order valence-corrected chi connectivity index (χ2v) is 8.73. The van der Waals surface area contributed by atoms with Gasteiger partial charge in [-0.2, -0.15) is 0 Å². The Kier molecular flexibility index (Phi) is 6.16. The van der Waals surface area contributed by atoms with E-state index < -0.39 is 20.8 Å². The van der Waals surface area contributed by atoms with Gasteiger partial charge in [0, 0.05) is 42.9 Å². The van der Waals surface area contributed by atoms with Crippen molar-refractivity contribution in [1.29, 1.82) is 0 Å². The summed E-state index contributed by atoms with van der Waals surface area (Å²) in [7, 11) is -1.31. The van der Waals surface area contributed by atoms with Crippen LogP contribution in [0.2, 0.25) is 0 Å². The molecule has 0 saturated heterocycles. The van der Waals surface area contributed by atoms with Crippen molar-refractivity contribution in [1.82, 2.24) is 4.31 Å². The SMILES string of the molecule is CC(CCNc1ccccc1S(=O)(=O)N(C)C)S(C)=O. The van der Waals surface area contributed by atoms with E-state index in [1.807, 2.05) is 6.92 Å². The summed E-state index contributed by atoms with van der Waals surface area (Å²) in [6.45, 7) is 2.50. The first-order chi connectivity index (χ1) is 9.26. The third kappa shape index (κ3) is 4.29. The molecule has 0 fully saturated rings. The second-order valence-electron chi connectivity index (χ2n) is 4.81. The number of nitrogens with zero attached hydrogens (tertiary/aromatic N) is 1. The molecular weight excluding hydrogens is 296 g/mol. The molecule has 1 aromatic rings. The minimum Gasteiger partial charge on any atom is -0.384 e. The van der Waals surface area contributed by atoms with Crippen LogP contribution in [0.25, 0.3) is 0 Å². The summed E-state index contributed by atoms with van der Waals surface area (Å²) in [5.74, 6) is 0. The van der Waals surface area contributed by atoms with Gasteiger partial charge in [-0.3, -0.25) is 4.21 Å². The molecule has 0 aliphatic heterocycles. The third-order valence-corrected chi connectivity index (χ3v) is 6.32. The first kappa shape index (κ1) is 17.1. The Bertz CT molecular complexity index is 571. The average molecular weight is 318 g/mol. The standard InChI is InChI=1S/C13H22N2O3S2/c1-11(19(4)16)9-10-14-12-7-5-6-8-13(12)20(17,18)15(2)3/h5-8,11,14H,9-10H2,1-4H3. The van der Waals surface area contributed by atoms with Crippen molar-refractivity contribution in [3.8, 4) is 0 Å². The van der Waals surface area contributed by atoms with Crippen LogP contribution in [0.15, 0.2) is 29.2 Å². The summed E-state index contributed by atoms with van der Waals surface area (Å²) in [4.78, 5) is 0.260. The van der Waals surface area contributed by atoms with Gasteiger partial charge in [-0.25, -0.2) is 12.7 Å². The molecule has 0 aliphatic rings. The molecule has 0 spiro atoms. The normalized spacial score (nSPS) is 15.1. The summed E-state index contributed by atoms with van der Waals surface area (Å²) in [5, 5.41) is 3.20. The molecular formula is C13H22N2O3S2. The lowest BCUT2D eigenvalue weighted by Crippen LogP contribution is -2.23. The molecule has 1 rings (SSSR count). The quantitative estimate of drug-likeness (QED) is 0.827. The summed E-state index contributed by atoms with van der Waals surface area (Å²) in [5.41, 5.74) is 0.579. The largest absolute Gasteiger partial charge is 0.384 e. The Hall–Kier alpha value is -0.920. The summed E-state index contributed by atoms with van der Waals surface area (Å²) < 4.78 is 36.9.